The number of nitro benzene ring substituents is 1. The van der Waals surface area contributed by atoms with E-state index in [0.29, 0.717) is 10.8 Å². The smallest absolute Gasteiger partial charge is 0.289 e. The number of para-hydroxylation sites is 1. The third-order valence-corrected chi connectivity index (χ3v) is 3.55. The van der Waals surface area contributed by atoms with Crippen molar-refractivity contribution >= 4 is 40.5 Å². The van der Waals surface area contributed by atoms with E-state index >= 15 is 0 Å². The molecule has 0 spiro atoms. The Bertz CT molecular complexity index is 752. The summed E-state index contributed by atoms with van der Waals surface area (Å²) in [5, 5.41) is 13.8. The zero-order valence-electron chi connectivity index (χ0n) is 12.0. The van der Waals surface area contributed by atoms with E-state index in [1.165, 1.54) is 18.2 Å². The monoisotopic (exact) mass is 354 g/mol. The Morgan fingerprint density at radius 2 is 1.91 bits per heavy atom. The van der Waals surface area contributed by atoms with Gasteiger partial charge in [0.2, 0.25) is 0 Å². The predicted octanol–water partition coefficient (Wildman–Crippen LogP) is 4.31. The van der Waals surface area contributed by atoms with Crippen LogP contribution in [0.25, 0.3) is 0 Å². The summed E-state index contributed by atoms with van der Waals surface area (Å²) in [7, 11) is 0. The van der Waals surface area contributed by atoms with Crippen molar-refractivity contribution < 1.29 is 14.5 Å². The van der Waals surface area contributed by atoms with E-state index in [1.807, 2.05) is 0 Å². The highest BCUT2D eigenvalue weighted by Crippen LogP contribution is 2.28. The molecule has 0 saturated carbocycles. The molecule has 1 N–H and O–H groups in total. The van der Waals surface area contributed by atoms with Crippen molar-refractivity contribution in [3.8, 4) is 5.75 Å². The van der Waals surface area contributed by atoms with Crippen LogP contribution in [0.1, 0.15) is 6.92 Å². The fourth-order valence-electron chi connectivity index (χ4n) is 1.76. The summed E-state index contributed by atoms with van der Waals surface area (Å²) in [6.45, 7) is 1.54. The molecule has 0 aliphatic rings. The molecule has 2 aromatic carbocycles. The van der Waals surface area contributed by atoms with Gasteiger partial charge in [-0.15, -0.1) is 0 Å². The fraction of sp³-hybridized carbons (Fsp3) is 0.133. The number of hydrogen-bond donors (Lipinski definition) is 1. The van der Waals surface area contributed by atoms with Gasteiger partial charge in [-0.1, -0.05) is 35.3 Å². The van der Waals surface area contributed by atoms with E-state index in [1.54, 1.807) is 31.2 Å². The lowest BCUT2D eigenvalue weighted by Crippen LogP contribution is -2.30. The number of hydrogen-bond acceptors (Lipinski definition) is 4. The number of halogens is 2. The molecular weight excluding hydrogens is 343 g/mol. The van der Waals surface area contributed by atoms with Crippen LogP contribution in [0.5, 0.6) is 5.75 Å². The van der Waals surface area contributed by atoms with E-state index in [4.69, 9.17) is 27.9 Å². The van der Waals surface area contributed by atoms with Crippen molar-refractivity contribution in [1.82, 2.24) is 0 Å². The Morgan fingerprint density at radius 1 is 1.22 bits per heavy atom. The highest BCUT2D eigenvalue weighted by atomic mass is 35.5. The molecule has 8 heteroatoms. The highest BCUT2D eigenvalue weighted by Gasteiger charge is 2.18. The lowest BCUT2D eigenvalue weighted by Gasteiger charge is -2.15. The van der Waals surface area contributed by atoms with E-state index in [2.05, 4.69) is 5.32 Å². The Labute approximate surface area is 142 Å². The van der Waals surface area contributed by atoms with Gasteiger partial charge in [0.05, 0.1) is 9.95 Å². The largest absolute Gasteiger partial charge is 0.479 e. The van der Waals surface area contributed by atoms with Crippen LogP contribution in [0.3, 0.4) is 0 Å². The molecular formula is C15H12Cl2N2O4. The predicted molar refractivity (Wildman–Crippen MR) is 88.3 cm³/mol. The Kier molecular flexibility index (Phi) is 5.41. The molecule has 1 atom stereocenters. The molecule has 23 heavy (non-hydrogen) atoms. The van der Waals surface area contributed by atoms with Crippen LogP contribution in [0.4, 0.5) is 11.4 Å². The summed E-state index contributed by atoms with van der Waals surface area (Å²) in [6.07, 6.45) is -0.843. The molecule has 0 heterocycles. The second-order valence-corrected chi connectivity index (χ2v) is 5.42. The summed E-state index contributed by atoms with van der Waals surface area (Å²) in [5.41, 5.74) is -0.0372. The maximum absolute atomic E-state index is 12.1. The third kappa shape index (κ3) is 4.34. The number of carbonyl (C=O) groups excluding carboxylic acids is 1. The van der Waals surface area contributed by atoms with E-state index in [9.17, 15) is 14.9 Å². The van der Waals surface area contributed by atoms with Crippen LogP contribution < -0.4 is 10.1 Å². The second-order valence-electron chi connectivity index (χ2n) is 4.60. The van der Waals surface area contributed by atoms with Gasteiger partial charge >= 0.3 is 0 Å². The summed E-state index contributed by atoms with van der Waals surface area (Å²) >= 11 is 11.7. The maximum Gasteiger partial charge on any atom is 0.289 e. The van der Waals surface area contributed by atoms with Crippen LogP contribution in [0.15, 0.2) is 42.5 Å². The van der Waals surface area contributed by atoms with Crippen molar-refractivity contribution in [3.63, 3.8) is 0 Å². The first-order valence-corrected chi connectivity index (χ1v) is 7.30. The zero-order chi connectivity index (χ0) is 17.0. The van der Waals surface area contributed by atoms with Crippen LogP contribution in [0, 0.1) is 10.1 Å². The molecule has 0 aliphatic carbocycles. The molecule has 0 bridgehead atoms. The minimum absolute atomic E-state index is 0.00614. The van der Waals surface area contributed by atoms with Crippen molar-refractivity contribution in [2.45, 2.75) is 13.0 Å². The van der Waals surface area contributed by atoms with Crippen LogP contribution >= 0.6 is 23.2 Å². The summed E-state index contributed by atoms with van der Waals surface area (Å²) in [5.74, 6) is -0.0968. The van der Waals surface area contributed by atoms with Crippen molar-refractivity contribution in [2.75, 3.05) is 5.32 Å². The van der Waals surface area contributed by atoms with Crippen LogP contribution in [-0.4, -0.2) is 16.9 Å². The number of carbonyl (C=O) groups is 1. The van der Waals surface area contributed by atoms with Gasteiger partial charge in [0, 0.05) is 11.8 Å². The first kappa shape index (κ1) is 17.1. The standard InChI is InChI=1S/C15H12Cl2N2O4/c1-9(23-14-5-3-2-4-12(14)17)15(20)18-10-6-7-11(16)13(8-10)19(21)22/h2-9H,1H3,(H,18,20). The number of nitrogens with one attached hydrogen (secondary N) is 1. The number of ether oxygens (including phenoxy) is 1. The summed E-state index contributed by atoms with van der Waals surface area (Å²) < 4.78 is 5.48. The minimum Gasteiger partial charge on any atom is -0.479 e. The number of nitro groups is 1. The van der Waals surface area contributed by atoms with Gasteiger partial charge in [0.15, 0.2) is 6.10 Å². The number of nitrogens with zero attached hydrogens (tertiary/aromatic N) is 1. The number of benzene rings is 2. The SMILES string of the molecule is CC(Oc1ccccc1Cl)C(=O)Nc1ccc(Cl)c([N+](=O)[O-])c1. The number of anilines is 1. The molecule has 6 nitrogen and oxygen atoms in total. The highest BCUT2D eigenvalue weighted by molar-refractivity contribution is 6.32. The summed E-state index contributed by atoms with van der Waals surface area (Å²) in [6, 6.07) is 10.7. The minimum atomic E-state index is -0.843. The average molecular weight is 355 g/mol. The quantitative estimate of drug-likeness (QED) is 0.640. The average Bonchev–Trinajstić information content (AvgIpc) is 2.51. The Hall–Kier alpha value is -2.31. The molecule has 2 aromatic rings. The van der Waals surface area contributed by atoms with Crippen molar-refractivity contribution in [3.05, 3.63) is 62.6 Å². The van der Waals surface area contributed by atoms with E-state index < -0.39 is 16.9 Å². The van der Waals surface area contributed by atoms with Gasteiger partial charge in [0.25, 0.3) is 11.6 Å². The van der Waals surface area contributed by atoms with Crippen molar-refractivity contribution in [2.24, 2.45) is 0 Å². The molecule has 2 rings (SSSR count). The third-order valence-electron chi connectivity index (χ3n) is 2.92. The van der Waals surface area contributed by atoms with E-state index in [-0.39, 0.29) is 16.4 Å². The van der Waals surface area contributed by atoms with Gasteiger partial charge in [0.1, 0.15) is 10.8 Å². The van der Waals surface area contributed by atoms with Crippen LogP contribution in [-0.2, 0) is 4.79 Å². The molecule has 120 valence electrons. The van der Waals surface area contributed by atoms with Gasteiger partial charge in [-0.2, -0.15) is 0 Å². The van der Waals surface area contributed by atoms with Gasteiger partial charge in [-0.25, -0.2) is 0 Å². The second kappa shape index (κ2) is 7.30. The fourth-order valence-corrected chi connectivity index (χ4v) is 2.13. The molecule has 1 unspecified atom stereocenters. The first-order valence-electron chi connectivity index (χ1n) is 6.54. The van der Waals surface area contributed by atoms with E-state index in [0.717, 1.165) is 0 Å². The first-order chi connectivity index (χ1) is 10.9. The molecule has 0 radical (unpaired) electrons. The van der Waals surface area contributed by atoms with Gasteiger partial charge in [-0.05, 0) is 31.2 Å². The van der Waals surface area contributed by atoms with Gasteiger partial charge < -0.3 is 10.1 Å². The Balaban J connectivity index is 2.08. The molecule has 0 fully saturated rings. The topological polar surface area (TPSA) is 81.5 Å². The summed E-state index contributed by atoms with van der Waals surface area (Å²) in [4.78, 5) is 22.3. The molecule has 0 aliphatic heterocycles. The maximum atomic E-state index is 12.1. The van der Waals surface area contributed by atoms with Crippen LogP contribution in [0.2, 0.25) is 10.0 Å². The zero-order valence-corrected chi connectivity index (χ0v) is 13.5. The molecule has 0 saturated heterocycles. The normalized spacial score (nSPS) is 11.6. The number of amides is 1. The lowest BCUT2D eigenvalue weighted by atomic mass is 10.2. The molecule has 1 amide bonds. The van der Waals surface area contributed by atoms with Crippen molar-refractivity contribution in [1.29, 1.82) is 0 Å². The Morgan fingerprint density at radius 3 is 2.57 bits per heavy atom. The van der Waals surface area contributed by atoms with Gasteiger partial charge in [-0.3, -0.25) is 14.9 Å². The lowest BCUT2D eigenvalue weighted by molar-refractivity contribution is -0.384. The number of rotatable bonds is 5. The molecule has 0 aromatic heterocycles.